The monoisotopic (exact) mass is 1140 g/mol. The van der Waals surface area contributed by atoms with Crippen LogP contribution in [-0.4, -0.2) is 129 Å². The zero-order chi connectivity index (χ0) is 58.3. The Morgan fingerprint density at radius 3 is 2.15 bits per heavy atom. The second kappa shape index (κ2) is 31.7. The number of rotatable bonds is 33. The summed E-state index contributed by atoms with van der Waals surface area (Å²) in [6.45, 7) is 13.8. The molecule has 4 N–H and O–H groups in total. The Balaban J connectivity index is 0.659. The van der Waals surface area contributed by atoms with Crippen LogP contribution in [0, 0.1) is 12.3 Å². The van der Waals surface area contributed by atoms with Gasteiger partial charge in [-0.1, -0.05) is 76.1 Å². The minimum atomic E-state index is -0.946. The van der Waals surface area contributed by atoms with E-state index in [1.54, 1.807) is 29.7 Å². The summed E-state index contributed by atoms with van der Waals surface area (Å²) in [4.78, 5) is 81.3. The summed E-state index contributed by atoms with van der Waals surface area (Å²) in [7, 11) is 1.88. The molecule has 1 aliphatic heterocycles. The number of hydrogen-bond acceptors (Lipinski definition) is 16. The number of Topliss-reactive ketones (excluding diaryl/α,β-unsaturated/α-hetero) is 1. The molecule has 1 fully saturated rings. The topological polar surface area (TPSA) is 243 Å². The highest BCUT2D eigenvalue weighted by Crippen LogP contribution is 2.29. The summed E-state index contributed by atoms with van der Waals surface area (Å²) in [5.74, 6) is 0.688. The average molecular weight is 1140 g/mol. The molecule has 0 unspecified atom stereocenters. The molecular formula is C61H79N11O9S. The van der Waals surface area contributed by atoms with Gasteiger partial charge in [0, 0.05) is 57.1 Å². The number of aryl methyl sites for hydroxylation is 1. The van der Waals surface area contributed by atoms with Gasteiger partial charge in [0.25, 0.3) is 5.91 Å². The minimum Gasteiger partial charge on any atom is -0.494 e. The van der Waals surface area contributed by atoms with E-state index in [4.69, 9.17) is 18.9 Å². The van der Waals surface area contributed by atoms with Crippen molar-refractivity contribution in [2.45, 2.75) is 124 Å². The zero-order valence-electron chi connectivity index (χ0n) is 48.1. The van der Waals surface area contributed by atoms with Crippen LogP contribution < -0.4 is 26.0 Å². The number of unbranched alkanes of at least 4 members (excludes halogenated alkanes) is 5. The lowest BCUT2D eigenvalue weighted by molar-refractivity contribution is -0.144. The van der Waals surface area contributed by atoms with Crippen molar-refractivity contribution in [1.29, 1.82) is 0 Å². The van der Waals surface area contributed by atoms with E-state index in [0.29, 0.717) is 76.3 Å². The van der Waals surface area contributed by atoms with Crippen molar-refractivity contribution >= 4 is 46.4 Å². The van der Waals surface area contributed by atoms with Gasteiger partial charge in [0.2, 0.25) is 17.7 Å². The third-order valence-corrected chi connectivity index (χ3v) is 15.0. The number of carbonyl (C=O) groups is 5. The smallest absolute Gasteiger partial charge is 0.251 e. The van der Waals surface area contributed by atoms with Crippen LogP contribution in [0.5, 0.6) is 5.75 Å². The standard InChI is InChI=1S/C61H79N11O9S/c1-42(67-58(75)47-15-14-16-48(35-47)63-38-53-69-70-57(71(53)6)51-26-27-62-40-65-51)45-22-24-50(25-23-45)81-30-13-8-7-11-28-78-31-33-80-34-32-79-29-12-9-10-17-54(74)68-56(61(3,4)5)60(77)72-39-49(73)36-52(72)59(76)64-37-44-18-20-46(21-19-44)55-43(2)66-41-82-55/h14-16,18-27,35,40-42,52,56,63H,7-13,17,28-34,36-39H2,1-6H3,(H,64,76)(H,67,75)(H,68,74)/t42-,52+,56-/m1/s1. The number of ketones is 1. The lowest BCUT2D eigenvalue weighted by Gasteiger charge is -2.35. The number of aromatic nitrogens is 6. The highest BCUT2D eigenvalue weighted by molar-refractivity contribution is 7.13. The Labute approximate surface area is 484 Å². The maximum Gasteiger partial charge on any atom is 0.251 e. The van der Waals surface area contributed by atoms with Crippen LogP contribution in [0.4, 0.5) is 5.69 Å². The van der Waals surface area contributed by atoms with E-state index in [-0.39, 0.29) is 49.6 Å². The third-order valence-electron chi connectivity index (χ3n) is 14.0. The van der Waals surface area contributed by atoms with Gasteiger partial charge in [0.15, 0.2) is 17.4 Å². The largest absolute Gasteiger partial charge is 0.494 e. The molecule has 1 aliphatic rings. The summed E-state index contributed by atoms with van der Waals surface area (Å²) in [5, 5.41) is 20.8. The Morgan fingerprint density at radius 1 is 0.780 bits per heavy atom. The number of hydrogen-bond donors (Lipinski definition) is 4. The molecule has 3 atom stereocenters. The van der Waals surface area contributed by atoms with Crippen LogP contribution in [0.3, 0.4) is 0 Å². The highest BCUT2D eigenvalue weighted by atomic mass is 32.1. The predicted molar refractivity (Wildman–Crippen MR) is 314 cm³/mol. The van der Waals surface area contributed by atoms with Crippen molar-refractivity contribution in [3.63, 3.8) is 0 Å². The molecule has 4 amide bonds. The fourth-order valence-corrected chi connectivity index (χ4v) is 10.1. The van der Waals surface area contributed by atoms with E-state index < -0.39 is 29.3 Å². The first kappa shape index (κ1) is 62.1. The number of benzene rings is 3. The lowest BCUT2D eigenvalue weighted by atomic mass is 9.85. The molecule has 20 nitrogen and oxygen atoms in total. The summed E-state index contributed by atoms with van der Waals surface area (Å²) in [6, 6.07) is 22.8. The summed E-state index contributed by atoms with van der Waals surface area (Å²) in [5.41, 5.74) is 7.04. The quantitative estimate of drug-likeness (QED) is 0.0283. The molecule has 0 spiro atoms. The van der Waals surface area contributed by atoms with Gasteiger partial charge in [0.05, 0.1) is 68.2 Å². The Hall–Kier alpha value is -7.46. The average Bonchev–Trinajstić information content (AvgIpc) is 4.25. The normalized spacial score (nSPS) is 14.1. The molecule has 0 bridgehead atoms. The van der Waals surface area contributed by atoms with E-state index in [1.807, 2.05) is 118 Å². The van der Waals surface area contributed by atoms with E-state index in [0.717, 1.165) is 83.0 Å². The zero-order valence-corrected chi connectivity index (χ0v) is 48.9. The Kier molecular flexibility index (Phi) is 24.0. The second-order valence-electron chi connectivity index (χ2n) is 21.5. The Bertz CT molecular complexity index is 2980. The van der Waals surface area contributed by atoms with Gasteiger partial charge in [0.1, 0.15) is 29.9 Å². The lowest BCUT2D eigenvalue weighted by Crippen LogP contribution is -2.57. The number of likely N-dealkylation sites (tertiary alicyclic amines) is 1. The number of nitrogens with one attached hydrogen (secondary N) is 4. The van der Waals surface area contributed by atoms with Gasteiger partial charge < -0.3 is 49.7 Å². The van der Waals surface area contributed by atoms with Crippen molar-refractivity contribution < 1.29 is 42.9 Å². The molecule has 3 aromatic carbocycles. The molecule has 6 aromatic rings. The number of nitrogens with zero attached hydrogens (tertiary/aromatic N) is 7. The van der Waals surface area contributed by atoms with Crippen molar-refractivity contribution in [2.75, 3.05) is 58.1 Å². The van der Waals surface area contributed by atoms with E-state index in [9.17, 15) is 24.0 Å². The molecule has 21 heteroatoms. The van der Waals surface area contributed by atoms with Crippen LogP contribution in [0.1, 0.15) is 125 Å². The highest BCUT2D eigenvalue weighted by Gasteiger charge is 2.44. The first-order chi connectivity index (χ1) is 39.6. The molecule has 1 saturated heterocycles. The van der Waals surface area contributed by atoms with Crippen LogP contribution in [0.2, 0.25) is 0 Å². The van der Waals surface area contributed by atoms with Gasteiger partial charge in [-0.2, -0.15) is 0 Å². The third kappa shape index (κ3) is 19.1. The van der Waals surface area contributed by atoms with E-state index in [1.165, 1.54) is 11.2 Å². The van der Waals surface area contributed by atoms with Crippen molar-refractivity contribution in [1.82, 2.24) is 50.6 Å². The molecule has 82 heavy (non-hydrogen) atoms. The van der Waals surface area contributed by atoms with Crippen LogP contribution in [0.15, 0.2) is 96.9 Å². The predicted octanol–water partition coefficient (Wildman–Crippen LogP) is 8.37. The molecular weight excluding hydrogens is 1060 g/mol. The SMILES string of the molecule is Cc1ncsc1-c1ccc(CNC(=O)[C@@H]2CC(=O)CN2C(=O)[C@@H](NC(=O)CCCCCOCCOCCOCCCCCCOc2ccc([C@@H](C)NC(=O)c3cccc(NCc4nnc(-c5ccncn5)n4C)c3)cc2)C(C)(C)C)cc1. The Morgan fingerprint density at radius 2 is 1.48 bits per heavy atom. The van der Waals surface area contributed by atoms with Crippen LogP contribution in [-0.2, 0) is 53.5 Å². The fourth-order valence-electron chi connectivity index (χ4n) is 9.25. The number of amides is 4. The maximum absolute atomic E-state index is 13.9. The molecule has 3 aromatic heterocycles. The van der Waals surface area contributed by atoms with Gasteiger partial charge in [-0.3, -0.25) is 24.0 Å². The van der Waals surface area contributed by atoms with Crippen LogP contribution in [0.25, 0.3) is 22.0 Å². The molecule has 4 heterocycles. The van der Waals surface area contributed by atoms with Crippen molar-refractivity contribution in [3.05, 3.63) is 125 Å². The number of thiazole rings is 1. The summed E-state index contributed by atoms with van der Waals surface area (Å²) < 4.78 is 25.0. The fraction of sp³-hybridized carbons (Fsp3) is 0.475. The van der Waals surface area contributed by atoms with Crippen molar-refractivity contribution in [2.24, 2.45) is 12.5 Å². The molecule has 0 radical (unpaired) electrons. The molecule has 0 saturated carbocycles. The first-order valence-electron chi connectivity index (χ1n) is 28.3. The number of carbonyl (C=O) groups excluding carboxylic acids is 5. The second-order valence-corrected chi connectivity index (χ2v) is 22.3. The molecule has 0 aliphatic carbocycles. The molecule has 438 valence electrons. The summed E-state index contributed by atoms with van der Waals surface area (Å²) >= 11 is 1.57. The van der Waals surface area contributed by atoms with E-state index >= 15 is 0 Å². The number of ether oxygens (including phenoxy) is 4. The minimum absolute atomic E-state index is 0.0667. The number of anilines is 1. The first-order valence-corrected chi connectivity index (χ1v) is 29.2. The van der Waals surface area contributed by atoms with Gasteiger partial charge in [-0.25, -0.2) is 15.0 Å². The van der Waals surface area contributed by atoms with E-state index in [2.05, 4.69) is 46.4 Å². The van der Waals surface area contributed by atoms with Crippen molar-refractivity contribution in [3.8, 4) is 27.7 Å². The van der Waals surface area contributed by atoms with Crippen LogP contribution >= 0.6 is 11.3 Å². The maximum atomic E-state index is 13.9. The van der Waals surface area contributed by atoms with Gasteiger partial charge in [-0.15, -0.1) is 21.5 Å². The molecule has 7 rings (SSSR count). The van der Waals surface area contributed by atoms with Gasteiger partial charge >= 0.3 is 0 Å². The van der Waals surface area contributed by atoms with Gasteiger partial charge in [-0.05, 0) is 104 Å². The summed E-state index contributed by atoms with van der Waals surface area (Å²) in [6.07, 6.45) is 9.46.